The van der Waals surface area contributed by atoms with E-state index < -0.39 is 0 Å². The second-order valence-electron chi connectivity index (χ2n) is 4.11. The number of ether oxygens (including phenoxy) is 1. The highest BCUT2D eigenvalue weighted by Crippen LogP contribution is 2.01. The first-order chi connectivity index (χ1) is 7.11. The lowest BCUT2D eigenvalue weighted by Crippen LogP contribution is -2.48. The Bertz CT molecular complexity index is 203. The van der Waals surface area contributed by atoms with Gasteiger partial charge in [0.2, 0.25) is 0 Å². The first-order valence-corrected chi connectivity index (χ1v) is 5.34. The summed E-state index contributed by atoms with van der Waals surface area (Å²) < 4.78 is 5.21. The first-order valence-electron chi connectivity index (χ1n) is 5.34. The number of hydrogen-bond donors (Lipinski definition) is 0. The zero-order valence-electron chi connectivity index (χ0n) is 9.90. The van der Waals surface area contributed by atoms with Crippen molar-refractivity contribution >= 4 is 6.03 Å². The van der Waals surface area contributed by atoms with Crippen LogP contribution in [0.4, 0.5) is 4.79 Å². The van der Waals surface area contributed by atoms with E-state index in [2.05, 4.69) is 4.90 Å². The molecule has 1 rings (SSSR count). The summed E-state index contributed by atoms with van der Waals surface area (Å²) in [6.45, 7) is 4.41. The number of rotatable bonds is 3. The summed E-state index contributed by atoms with van der Waals surface area (Å²) in [6.07, 6.45) is 0. The average Bonchev–Trinajstić information content (AvgIpc) is 2.26. The third kappa shape index (κ3) is 4.05. The van der Waals surface area contributed by atoms with Gasteiger partial charge in [-0.25, -0.2) is 4.79 Å². The summed E-state index contributed by atoms with van der Waals surface area (Å²) >= 11 is 0. The van der Waals surface area contributed by atoms with E-state index in [0.29, 0.717) is 26.3 Å². The van der Waals surface area contributed by atoms with Gasteiger partial charge in [0, 0.05) is 33.2 Å². The van der Waals surface area contributed by atoms with Crippen LogP contribution < -0.4 is 0 Å². The van der Waals surface area contributed by atoms with Gasteiger partial charge >= 0.3 is 6.03 Å². The molecule has 5 heteroatoms. The molecule has 1 aliphatic rings. The largest absolute Gasteiger partial charge is 0.378 e. The standard InChI is InChI=1S/C10H21N3O2/c1-11(2)4-5-12(3)10(14)13-6-8-15-9-7-13/h4-9H2,1-3H3. The molecule has 0 aliphatic carbocycles. The fraction of sp³-hybridized carbons (Fsp3) is 0.900. The second-order valence-corrected chi connectivity index (χ2v) is 4.11. The van der Waals surface area contributed by atoms with Gasteiger partial charge < -0.3 is 19.4 Å². The molecule has 0 N–H and O–H groups in total. The summed E-state index contributed by atoms with van der Waals surface area (Å²) in [6, 6.07) is 0.111. The van der Waals surface area contributed by atoms with Crippen LogP contribution >= 0.6 is 0 Å². The molecule has 0 unspecified atom stereocenters. The van der Waals surface area contributed by atoms with E-state index in [-0.39, 0.29) is 6.03 Å². The van der Waals surface area contributed by atoms with Crippen molar-refractivity contribution < 1.29 is 9.53 Å². The number of likely N-dealkylation sites (N-methyl/N-ethyl adjacent to an activating group) is 2. The lowest BCUT2D eigenvalue weighted by Gasteiger charge is -2.31. The molecule has 5 nitrogen and oxygen atoms in total. The maximum atomic E-state index is 11.9. The molecule has 0 spiro atoms. The van der Waals surface area contributed by atoms with Crippen LogP contribution in [0.1, 0.15) is 0 Å². The van der Waals surface area contributed by atoms with E-state index in [1.165, 1.54) is 0 Å². The molecule has 88 valence electrons. The highest BCUT2D eigenvalue weighted by molar-refractivity contribution is 5.74. The fourth-order valence-corrected chi connectivity index (χ4v) is 1.44. The molecule has 0 radical (unpaired) electrons. The van der Waals surface area contributed by atoms with E-state index in [9.17, 15) is 4.79 Å². The molecule has 2 amide bonds. The molecule has 0 aromatic rings. The smallest absolute Gasteiger partial charge is 0.319 e. The predicted molar refractivity (Wildman–Crippen MR) is 59.0 cm³/mol. The van der Waals surface area contributed by atoms with Crippen LogP contribution in [0.15, 0.2) is 0 Å². The molecular weight excluding hydrogens is 194 g/mol. The number of morpholine rings is 1. The summed E-state index contributed by atoms with van der Waals surface area (Å²) in [5, 5.41) is 0. The highest BCUT2D eigenvalue weighted by Gasteiger charge is 2.19. The number of hydrogen-bond acceptors (Lipinski definition) is 3. The van der Waals surface area contributed by atoms with Crippen LogP contribution in [0.5, 0.6) is 0 Å². The van der Waals surface area contributed by atoms with E-state index in [1.54, 1.807) is 4.90 Å². The van der Waals surface area contributed by atoms with E-state index in [4.69, 9.17) is 4.74 Å². The number of urea groups is 1. The quantitative estimate of drug-likeness (QED) is 0.661. The molecule has 0 saturated carbocycles. The number of amides is 2. The van der Waals surface area contributed by atoms with Crippen molar-refractivity contribution in [3.63, 3.8) is 0 Å². The number of nitrogens with zero attached hydrogens (tertiary/aromatic N) is 3. The SMILES string of the molecule is CN(C)CCN(C)C(=O)N1CCOCC1. The third-order valence-corrected chi connectivity index (χ3v) is 2.49. The summed E-state index contributed by atoms with van der Waals surface area (Å²) in [5.41, 5.74) is 0. The van der Waals surface area contributed by atoms with Crippen molar-refractivity contribution in [2.75, 3.05) is 60.5 Å². The van der Waals surface area contributed by atoms with Gasteiger partial charge in [0.25, 0.3) is 0 Å². The minimum Gasteiger partial charge on any atom is -0.378 e. The van der Waals surface area contributed by atoms with Crippen LogP contribution in [0.3, 0.4) is 0 Å². The molecule has 0 bridgehead atoms. The van der Waals surface area contributed by atoms with Crippen LogP contribution in [-0.4, -0.2) is 81.3 Å². The Kier molecular flexibility index (Phi) is 4.84. The van der Waals surface area contributed by atoms with Gasteiger partial charge in [-0.05, 0) is 14.1 Å². The van der Waals surface area contributed by atoms with Crippen LogP contribution in [0, 0.1) is 0 Å². The average molecular weight is 215 g/mol. The second kappa shape index (κ2) is 5.92. The Labute approximate surface area is 91.6 Å². The van der Waals surface area contributed by atoms with Gasteiger partial charge in [0.05, 0.1) is 13.2 Å². The Morgan fingerprint density at radius 2 is 1.80 bits per heavy atom. The van der Waals surface area contributed by atoms with Gasteiger partial charge in [-0.3, -0.25) is 0 Å². The minimum absolute atomic E-state index is 0.111. The van der Waals surface area contributed by atoms with E-state index >= 15 is 0 Å². The molecular formula is C10H21N3O2. The number of carbonyl (C=O) groups excluding carboxylic acids is 1. The van der Waals surface area contributed by atoms with Gasteiger partial charge in [0.15, 0.2) is 0 Å². The first kappa shape index (κ1) is 12.3. The maximum Gasteiger partial charge on any atom is 0.319 e. The Morgan fingerprint density at radius 3 is 2.33 bits per heavy atom. The van der Waals surface area contributed by atoms with Gasteiger partial charge in [-0.1, -0.05) is 0 Å². The molecule has 1 saturated heterocycles. The molecule has 1 fully saturated rings. The van der Waals surface area contributed by atoms with Crippen LogP contribution in [-0.2, 0) is 4.74 Å². The third-order valence-electron chi connectivity index (χ3n) is 2.49. The van der Waals surface area contributed by atoms with Crippen molar-refractivity contribution in [3.05, 3.63) is 0 Å². The lowest BCUT2D eigenvalue weighted by atomic mass is 10.4. The van der Waals surface area contributed by atoms with Crippen molar-refractivity contribution in [1.82, 2.24) is 14.7 Å². The summed E-state index contributed by atoms with van der Waals surface area (Å²) in [7, 11) is 5.86. The number of carbonyl (C=O) groups is 1. The van der Waals surface area contributed by atoms with Gasteiger partial charge in [0.1, 0.15) is 0 Å². The fourth-order valence-electron chi connectivity index (χ4n) is 1.44. The van der Waals surface area contributed by atoms with Gasteiger partial charge in [-0.2, -0.15) is 0 Å². The molecule has 15 heavy (non-hydrogen) atoms. The lowest BCUT2D eigenvalue weighted by molar-refractivity contribution is 0.0449. The monoisotopic (exact) mass is 215 g/mol. The van der Waals surface area contributed by atoms with Gasteiger partial charge in [-0.15, -0.1) is 0 Å². The van der Waals surface area contributed by atoms with Crippen molar-refractivity contribution in [1.29, 1.82) is 0 Å². The molecule has 0 aromatic heterocycles. The molecule has 0 atom stereocenters. The zero-order chi connectivity index (χ0) is 11.3. The van der Waals surface area contributed by atoms with Crippen molar-refractivity contribution in [2.24, 2.45) is 0 Å². The maximum absolute atomic E-state index is 11.9. The highest BCUT2D eigenvalue weighted by atomic mass is 16.5. The topological polar surface area (TPSA) is 36.0 Å². The Balaban J connectivity index is 2.30. The van der Waals surface area contributed by atoms with Crippen LogP contribution in [0.25, 0.3) is 0 Å². The summed E-state index contributed by atoms with van der Waals surface area (Å²) in [5.74, 6) is 0. The Hall–Kier alpha value is -0.810. The zero-order valence-corrected chi connectivity index (χ0v) is 9.90. The van der Waals surface area contributed by atoms with Crippen LogP contribution in [0.2, 0.25) is 0 Å². The predicted octanol–water partition coefficient (Wildman–Crippen LogP) is -0.0680. The van der Waals surface area contributed by atoms with Crippen molar-refractivity contribution in [3.8, 4) is 0 Å². The minimum atomic E-state index is 0.111. The Morgan fingerprint density at radius 1 is 1.20 bits per heavy atom. The molecule has 1 heterocycles. The normalized spacial score (nSPS) is 16.9. The molecule has 0 aromatic carbocycles. The van der Waals surface area contributed by atoms with E-state index in [1.807, 2.05) is 26.0 Å². The summed E-state index contributed by atoms with van der Waals surface area (Å²) in [4.78, 5) is 17.6. The van der Waals surface area contributed by atoms with Crippen molar-refractivity contribution in [2.45, 2.75) is 0 Å². The van der Waals surface area contributed by atoms with E-state index in [0.717, 1.165) is 13.1 Å². The molecule has 1 aliphatic heterocycles.